The van der Waals surface area contributed by atoms with Gasteiger partial charge in [0.2, 0.25) is 0 Å². The lowest BCUT2D eigenvalue weighted by molar-refractivity contribution is 0.201. The number of nitrogens with zero attached hydrogens (tertiary/aromatic N) is 6. The Bertz CT molecular complexity index is 826. The molecule has 0 amide bonds. The van der Waals surface area contributed by atoms with E-state index >= 15 is 0 Å². The molecule has 0 unspecified atom stereocenters. The summed E-state index contributed by atoms with van der Waals surface area (Å²) in [5.74, 6) is 2.81. The second-order valence-electron chi connectivity index (χ2n) is 7.41. The second-order valence-corrected chi connectivity index (χ2v) is 8.44. The Morgan fingerprint density at radius 1 is 1.04 bits per heavy atom. The molecule has 7 heteroatoms. The fraction of sp³-hybridized carbons (Fsp3) is 0.526. The molecule has 2 fully saturated rings. The van der Waals surface area contributed by atoms with Crippen molar-refractivity contribution in [3.63, 3.8) is 0 Å². The van der Waals surface area contributed by atoms with Gasteiger partial charge in [0.05, 0.1) is 0 Å². The summed E-state index contributed by atoms with van der Waals surface area (Å²) >= 11 is 1.86. The molecule has 26 heavy (non-hydrogen) atoms. The van der Waals surface area contributed by atoms with Crippen molar-refractivity contribution in [2.45, 2.75) is 50.7 Å². The van der Waals surface area contributed by atoms with Crippen LogP contribution in [0.5, 0.6) is 0 Å². The Morgan fingerprint density at radius 2 is 1.92 bits per heavy atom. The normalized spacial score (nSPS) is 19.2. The zero-order valence-electron chi connectivity index (χ0n) is 14.9. The highest BCUT2D eigenvalue weighted by Crippen LogP contribution is 2.40. The highest BCUT2D eigenvalue weighted by Gasteiger charge is 2.33. The third-order valence-electron chi connectivity index (χ3n) is 5.48. The molecule has 0 aromatic carbocycles. The van der Waals surface area contributed by atoms with E-state index in [1.54, 1.807) is 0 Å². The number of likely N-dealkylation sites (tertiary alicyclic amines) is 1. The summed E-state index contributed by atoms with van der Waals surface area (Å²) in [5, 5.41) is 15.7. The van der Waals surface area contributed by atoms with E-state index < -0.39 is 0 Å². The second kappa shape index (κ2) is 6.96. The summed E-state index contributed by atoms with van der Waals surface area (Å²) in [6.07, 6.45) is 8.69. The van der Waals surface area contributed by atoms with Gasteiger partial charge in [0.15, 0.2) is 5.82 Å². The number of hydrogen-bond donors (Lipinski definition) is 0. The van der Waals surface area contributed by atoms with Gasteiger partial charge in [0, 0.05) is 35.8 Å². The van der Waals surface area contributed by atoms with Crippen LogP contribution in [-0.4, -0.2) is 42.5 Å². The van der Waals surface area contributed by atoms with Crippen molar-refractivity contribution in [3.8, 4) is 0 Å². The van der Waals surface area contributed by atoms with E-state index in [0.717, 1.165) is 25.5 Å². The monoisotopic (exact) mass is 368 g/mol. The van der Waals surface area contributed by atoms with Crippen molar-refractivity contribution >= 4 is 11.3 Å². The summed E-state index contributed by atoms with van der Waals surface area (Å²) in [4.78, 5) is 4.04. The maximum Gasteiger partial charge on any atom is 0.155 e. The van der Waals surface area contributed by atoms with Crippen LogP contribution in [0.15, 0.2) is 36.0 Å². The molecular weight excluding hydrogens is 344 g/mol. The van der Waals surface area contributed by atoms with E-state index in [0.29, 0.717) is 18.5 Å². The first-order valence-corrected chi connectivity index (χ1v) is 10.4. The minimum Gasteiger partial charge on any atom is -0.310 e. The van der Waals surface area contributed by atoms with Crippen molar-refractivity contribution in [1.29, 1.82) is 0 Å². The van der Waals surface area contributed by atoms with Gasteiger partial charge in [0.25, 0.3) is 0 Å². The maximum atomic E-state index is 4.64. The van der Waals surface area contributed by atoms with Gasteiger partial charge in [-0.3, -0.25) is 9.58 Å². The van der Waals surface area contributed by atoms with Crippen LogP contribution in [0.1, 0.15) is 54.2 Å². The lowest BCUT2D eigenvalue weighted by Gasteiger charge is -2.31. The Labute approximate surface area is 157 Å². The zero-order chi connectivity index (χ0) is 17.3. The van der Waals surface area contributed by atoms with E-state index in [1.807, 2.05) is 34.5 Å². The molecular formula is C19H24N6S. The molecule has 0 bridgehead atoms. The number of piperidine rings is 1. The lowest BCUT2D eigenvalue weighted by Crippen LogP contribution is -2.33. The van der Waals surface area contributed by atoms with E-state index in [2.05, 4.69) is 42.3 Å². The molecule has 0 atom stereocenters. The van der Waals surface area contributed by atoms with E-state index in [4.69, 9.17) is 0 Å². The Hall–Kier alpha value is -1.99. The first-order valence-electron chi connectivity index (χ1n) is 9.52. The summed E-state index contributed by atoms with van der Waals surface area (Å²) < 4.78 is 4.37. The summed E-state index contributed by atoms with van der Waals surface area (Å²) in [5.41, 5.74) is 0. The number of hydrogen-bond acceptors (Lipinski definition) is 5. The predicted molar refractivity (Wildman–Crippen MR) is 101 cm³/mol. The third kappa shape index (κ3) is 3.33. The largest absolute Gasteiger partial charge is 0.310 e. The maximum absolute atomic E-state index is 4.64. The average Bonchev–Trinajstić information content (AvgIpc) is 3.07. The van der Waals surface area contributed by atoms with Gasteiger partial charge < -0.3 is 4.57 Å². The molecule has 1 aliphatic carbocycles. The Balaban J connectivity index is 1.29. The number of thiophene rings is 1. The van der Waals surface area contributed by atoms with Gasteiger partial charge in [-0.25, -0.2) is 0 Å². The van der Waals surface area contributed by atoms with Crippen LogP contribution in [0.25, 0.3) is 0 Å². The standard InChI is InChI=1S/C19H24N6S/c1-3-17(26-12-1)13-23-10-6-15(7-11-23)19-22-21-18(25(19)16-4-5-16)14-24-9-2-8-20-24/h1-3,8-9,12,15-16H,4-7,10-11,13-14H2. The van der Waals surface area contributed by atoms with Crippen molar-refractivity contribution < 1.29 is 0 Å². The molecule has 6 nitrogen and oxygen atoms in total. The minimum absolute atomic E-state index is 0.536. The van der Waals surface area contributed by atoms with Crippen LogP contribution in [0.2, 0.25) is 0 Å². The zero-order valence-corrected chi connectivity index (χ0v) is 15.7. The Kier molecular flexibility index (Phi) is 4.34. The molecule has 2 aliphatic rings. The van der Waals surface area contributed by atoms with Crippen molar-refractivity contribution in [1.82, 2.24) is 29.4 Å². The molecule has 4 heterocycles. The molecule has 1 saturated carbocycles. The highest BCUT2D eigenvalue weighted by molar-refractivity contribution is 7.09. The van der Waals surface area contributed by atoms with Crippen LogP contribution in [0.4, 0.5) is 0 Å². The molecule has 3 aromatic rings. The molecule has 0 radical (unpaired) electrons. The van der Waals surface area contributed by atoms with Gasteiger partial charge in [-0.05, 0) is 56.3 Å². The summed E-state index contributed by atoms with van der Waals surface area (Å²) in [6.45, 7) is 4.10. The van der Waals surface area contributed by atoms with E-state index in [1.165, 1.54) is 36.4 Å². The molecule has 3 aromatic heterocycles. The van der Waals surface area contributed by atoms with Crippen LogP contribution >= 0.6 is 11.3 Å². The fourth-order valence-electron chi connectivity index (χ4n) is 3.97. The number of rotatable bonds is 6. The fourth-order valence-corrected chi connectivity index (χ4v) is 4.71. The van der Waals surface area contributed by atoms with Gasteiger partial charge in [-0.2, -0.15) is 5.10 Å². The first-order chi connectivity index (χ1) is 12.9. The lowest BCUT2D eigenvalue weighted by atomic mass is 9.95. The molecule has 1 saturated heterocycles. The molecule has 1 aliphatic heterocycles. The molecule has 0 N–H and O–H groups in total. The van der Waals surface area contributed by atoms with Gasteiger partial charge in [-0.15, -0.1) is 21.5 Å². The minimum atomic E-state index is 0.536. The van der Waals surface area contributed by atoms with Crippen LogP contribution in [-0.2, 0) is 13.1 Å². The average molecular weight is 369 g/mol. The molecule has 0 spiro atoms. The molecule has 5 rings (SSSR count). The van der Waals surface area contributed by atoms with Crippen LogP contribution in [0.3, 0.4) is 0 Å². The van der Waals surface area contributed by atoms with Crippen molar-refractivity contribution in [3.05, 3.63) is 52.5 Å². The summed E-state index contributed by atoms with van der Waals surface area (Å²) in [6, 6.07) is 6.95. The van der Waals surface area contributed by atoms with Crippen LogP contribution in [0, 0.1) is 0 Å². The third-order valence-corrected chi connectivity index (χ3v) is 6.34. The summed E-state index contributed by atoms with van der Waals surface area (Å²) in [7, 11) is 0. The smallest absolute Gasteiger partial charge is 0.155 e. The topological polar surface area (TPSA) is 51.8 Å². The highest BCUT2D eigenvalue weighted by atomic mass is 32.1. The van der Waals surface area contributed by atoms with Gasteiger partial charge in [-0.1, -0.05) is 6.07 Å². The Morgan fingerprint density at radius 3 is 2.62 bits per heavy atom. The van der Waals surface area contributed by atoms with Gasteiger partial charge >= 0.3 is 0 Å². The molecule has 136 valence electrons. The predicted octanol–water partition coefficient (Wildman–Crippen LogP) is 3.30. The van der Waals surface area contributed by atoms with Crippen molar-refractivity contribution in [2.24, 2.45) is 0 Å². The SMILES string of the molecule is c1csc(CN2CCC(c3nnc(Cn4cccn4)n3C3CC3)CC2)c1. The first kappa shape index (κ1) is 16.2. The van der Waals surface area contributed by atoms with Crippen molar-refractivity contribution in [2.75, 3.05) is 13.1 Å². The quantitative estimate of drug-likeness (QED) is 0.670. The van der Waals surface area contributed by atoms with Crippen LogP contribution < -0.4 is 0 Å². The number of aromatic nitrogens is 5. The van der Waals surface area contributed by atoms with E-state index in [-0.39, 0.29) is 0 Å². The van der Waals surface area contributed by atoms with E-state index in [9.17, 15) is 0 Å². The van der Waals surface area contributed by atoms with Gasteiger partial charge in [0.1, 0.15) is 12.4 Å².